The van der Waals surface area contributed by atoms with Gasteiger partial charge in [-0.25, -0.2) is 4.98 Å². The molecule has 4 rings (SSSR count). The first-order valence-corrected chi connectivity index (χ1v) is 11.2. The summed E-state index contributed by atoms with van der Waals surface area (Å²) in [7, 11) is 0. The number of carbonyl (C=O) groups excluding carboxylic acids is 1. The zero-order valence-corrected chi connectivity index (χ0v) is 18.8. The van der Waals surface area contributed by atoms with Crippen molar-refractivity contribution in [3.05, 3.63) is 51.9 Å². The van der Waals surface area contributed by atoms with Crippen molar-refractivity contribution in [3.8, 4) is 11.3 Å². The number of piperazine rings is 1. The van der Waals surface area contributed by atoms with E-state index in [-0.39, 0.29) is 11.5 Å². The fourth-order valence-electron chi connectivity index (χ4n) is 4.09. The van der Waals surface area contributed by atoms with E-state index in [0.29, 0.717) is 37.0 Å². The van der Waals surface area contributed by atoms with Crippen LogP contribution in [-0.4, -0.2) is 50.9 Å². The Hall–Kier alpha value is -2.80. The van der Waals surface area contributed by atoms with Gasteiger partial charge in [0.2, 0.25) is 11.7 Å². The van der Waals surface area contributed by atoms with Crippen molar-refractivity contribution in [1.29, 1.82) is 0 Å². The normalized spacial score (nSPS) is 14.4. The number of halogens is 1. The van der Waals surface area contributed by atoms with Gasteiger partial charge in [-0.1, -0.05) is 43.5 Å². The van der Waals surface area contributed by atoms with Crippen molar-refractivity contribution in [1.82, 2.24) is 18.9 Å². The van der Waals surface area contributed by atoms with E-state index in [2.05, 4.69) is 16.4 Å². The number of unbranched alkanes of at least 4 members (excludes halogenated alkanes) is 2. The number of imidazole rings is 1. The third kappa shape index (κ3) is 4.46. The molecule has 164 valence electrons. The van der Waals surface area contributed by atoms with Gasteiger partial charge in [0.1, 0.15) is 5.82 Å². The monoisotopic (exact) mass is 441 g/mol. The molecule has 0 aliphatic carbocycles. The first kappa shape index (κ1) is 21.4. The van der Waals surface area contributed by atoms with Crippen molar-refractivity contribution in [2.75, 3.05) is 31.1 Å². The van der Waals surface area contributed by atoms with Gasteiger partial charge in [0, 0.05) is 62.5 Å². The lowest BCUT2D eigenvalue weighted by atomic mass is 10.2. The molecule has 1 aromatic carbocycles. The molecular weight excluding hydrogens is 414 g/mol. The Kier molecular flexibility index (Phi) is 6.32. The molecule has 1 saturated heterocycles. The minimum atomic E-state index is -0.0987. The summed E-state index contributed by atoms with van der Waals surface area (Å²) in [6.07, 6.45) is 5.04. The Bertz CT molecular complexity index is 1130. The minimum absolute atomic E-state index is 0.0938. The molecule has 7 nitrogen and oxygen atoms in total. The van der Waals surface area contributed by atoms with Crippen LogP contribution in [0.25, 0.3) is 17.0 Å². The van der Waals surface area contributed by atoms with Crippen LogP contribution in [0.4, 0.5) is 5.82 Å². The molecule has 0 saturated carbocycles. The van der Waals surface area contributed by atoms with Gasteiger partial charge in [0.25, 0.3) is 5.56 Å². The zero-order chi connectivity index (χ0) is 22.0. The zero-order valence-electron chi connectivity index (χ0n) is 18.1. The SMILES string of the molecule is CCCCCn1c(N2CCN(C(C)=O)CC2)cc(=O)n2cc(-c3ccc(Cl)cc3)nc12. The van der Waals surface area contributed by atoms with Crippen LogP contribution < -0.4 is 10.5 Å². The fraction of sp³-hybridized carbons (Fsp3) is 0.435. The summed E-state index contributed by atoms with van der Waals surface area (Å²) in [5.41, 5.74) is 1.57. The van der Waals surface area contributed by atoms with Gasteiger partial charge in [0.05, 0.1) is 5.69 Å². The third-order valence-corrected chi connectivity index (χ3v) is 6.12. The summed E-state index contributed by atoms with van der Waals surface area (Å²) >= 11 is 6.03. The molecule has 3 heterocycles. The second-order valence-electron chi connectivity index (χ2n) is 8.00. The highest BCUT2D eigenvalue weighted by Crippen LogP contribution is 2.24. The summed E-state index contributed by atoms with van der Waals surface area (Å²) in [4.78, 5) is 33.6. The maximum Gasteiger partial charge on any atom is 0.261 e. The summed E-state index contributed by atoms with van der Waals surface area (Å²) in [5, 5.41) is 0.665. The number of aromatic nitrogens is 3. The second-order valence-corrected chi connectivity index (χ2v) is 8.43. The molecule has 1 amide bonds. The smallest absolute Gasteiger partial charge is 0.261 e. The number of amides is 1. The molecule has 31 heavy (non-hydrogen) atoms. The number of hydrogen-bond acceptors (Lipinski definition) is 4. The third-order valence-electron chi connectivity index (χ3n) is 5.87. The van der Waals surface area contributed by atoms with E-state index in [1.807, 2.05) is 29.2 Å². The van der Waals surface area contributed by atoms with Crippen LogP contribution in [0.5, 0.6) is 0 Å². The minimum Gasteiger partial charge on any atom is -0.354 e. The van der Waals surface area contributed by atoms with Crippen molar-refractivity contribution in [2.45, 2.75) is 39.7 Å². The van der Waals surface area contributed by atoms with E-state index in [0.717, 1.165) is 42.9 Å². The largest absolute Gasteiger partial charge is 0.354 e. The fourth-order valence-corrected chi connectivity index (χ4v) is 4.22. The maximum atomic E-state index is 13.0. The average Bonchev–Trinajstić information content (AvgIpc) is 3.22. The molecule has 0 bridgehead atoms. The Morgan fingerprint density at radius 3 is 2.45 bits per heavy atom. The van der Waals surface area contributed by atoms with Crippen LogP contribution in [-0.2, 0) is 11.3 Å². The first-order chi connectivity index (χ1) is 15.0. The lowest BCUT2D eigenvalue weighted by molar-refractivity contribution is -0.129. The van der Waals surface area contributed by atoms with Crippen molar-refractivity contribution in [2.24, 2.45) is 0 Å². The lowest BCUT2D eigenvalue weighted by Gasteiger charge is -2.36. The molecule has 0 atom stereocenters. The van der Waals surface area contributed by atoms with Gasteiger partial charge in [0.15, 0.2) is 0 Å². The Labute approximate surface area is 186 Å². The Morgan fingerprint density at radius 1 is 1.10 bits per heavy atom. The molecule has 1 aliphatic rings. The summed E-state index contributed by atoms with van der Waals surface area (Å²) in [6, 6.07) is 9.19. The predicted molar refractivity (Wildman–Crippen MR) is 124 cm³/mol. The first-order valence-electron chi connectivity index (χ1n) is 10.9. The highest BCUT2D eigenvalue weighted by Gasteiger charge is 2.23. The number of anilines is 1. The average molecular weight is 442 g/mol. The second kappa shape index (κ2) is 9.14. The van der Waals surface area contributed by atoms with E-state index in [4.69, 9.17) is 16.6 Å². The topological polar surface area (TPSA) is 62.8 Å². The molecule has 8 heteroatoms. The predicted octanol–water partition coefficient (Wildman–Crippen LogP) is 3.68. The van der Waals surface area contributed by atoms with Crippen molar-refractivity contribution >= 4 is 29.1 Å². The van der Waals surface area contributed by atoms with Gasteiger partial charge in [-0.2, -0.15) is 0 Å². The summed E-state index contributed by atoms with van der Waals surface area (Å²) < 4.78 is 3.78. The highest BCUT2D eigenvalue weighted by molar-refractivity contribution is 6.30. The summed E-state index contributed by atoms with van der Waals surface area (Å²) in [6.45, 7) is 7.29. The molecule has 1 fully saturated rings. The molecule has 1 aliphatic heterocycles. The van der Waals surface area contributed by atoms with Gasteiger partial charge < -0.3 is 9.80 Å². The van der Waals surface area contributed by atoms with Crippen molar-refractivity contribution in [3.63, 3.8) is 0 Å². The van der Waals surface area contributed by atoms with Crippen LogP contribution in [0.1, 0.15) is 33.1 Å². The standard InChI is InChI=1S/C23H28ClN5O2/c1-3-4-5-10-28-21(27-13-11-26(12-14-27)17(2)30)15-22(31)29-16-20(25-23(28)29)18-6-8-19(24)9-7-18/h6-9,15-16H,3-5,10-14H2,1-2H3. The molecule has 0 radical (unpaired) electrons. The van der Waals surface area contributed by atoms with E-state index in [1.54, 1.807) is 23.6 Å². The van der Waals surface area contributed by atoms with Crippen LogP contribution in [0.15, 0.2) is 41.3 Å². The molecule has 2 aromatic heterocycles. The Morgan fingerprint density at radius 2 is 1.81 bits per heavy atom. The molecule has 0 N–H and O–H groups in total. The quantitative estimate of drug-likeness (QED) is 0.547. The molecular formula is C23H28ClN5O2. The maximum absolute atomic E-state index is 13.0. The van der Waals surface area contributed by atoms with Gasteiger partial charge in [-0.15, -0.1) is 0 Å². The Balaban J connectivity index is 1.76. The van der Waals surface area contributed by atoms with Crippen LogP contribution in [0.3, 0.4) is 0 Å². The van der Waals surface area contributed by atoms with Crippen LogP contribution in [0, 0.1) is 0 Å². The molecule has 3 aromatic rings. The van der Waals surface area contributed by atoms with Crippen molar-refractivity contribution < 1.29 is 4.79 Å². The number of carbonyl (C=O) groups is 1. The number of benzene rings is 1. The number of rotatable bonds is 6. The lowest BCUT2D eigenvalue weighted by Crippen LogP contribution is -2.49. The van der Waals surface area contributed by atoms with E-state index in [1.165, 1.54) is 0 Å². The van der Waals surface area contributed by atoms with Gasteiger partial charge in [-0.05, 0) is 18.6 Å². The number of fused-ring (bicyclic) bond motifs is 1. The van der Waals surface area contributed by atoms with Gasteiger partial charge in [-0.3, -0.25) is 18.6 Å². The molecule has 0 unspecified atom stereocenters. The van der Waals surface area contributed by atoms with E-state index < -0.39 is 0 Å². The number of nitrogens with zero attached hydrogens (tertiary/aromatic N) is 5. The van der Waals surface area contributed by atoms with Crippen LogP contribution in [0.2, 0.25) is 5.02 Å². The van der Waals surface area contributed by atoms with Crippen LogP contribution >= 0.6 is 11.6 Å². The van der Waals surface area contributed by atoms with E-state index in [9.17, 15) is 9.59 Å². The number of hydrogen-bond donors (Lipinski definition) is 0. The van der Waals surface area contributed by atoms with E-state index >= 15 is 0 Å². The van der Waals surface area contributed by atoms with Gasteiger partial charge >= 0.3 is 0 Å². The number of aryl methyl sites for hydroxylation is 1. The molecule has 0 spiro atoms. The summed E-state index contributed by atoms with van der Waals surface area (Å²) in [5.74, 6) is 1.62. The highest BCUT2D eigenvalue weighted by atomic mass is 35.5.